The van der Waals surface area contributed by atoms with E-state index in [1.165, 1.54) is 18.5 Å². The second-order valence-corrected chi connectivity index (χ2v) is 3.75. The summed E-state index contributed by atoms with van der Waals surface area (Å²) in [6.07, 6.45) is 3.32. The number of hydrogen-bond donors (Lipinski definition) is 2. The zero-order valence-corrected chi connectivity index (χ0v) is 9.84. The molecule has 0 saturated heterocycles. The first-order chi connectivity index (χ1) is 7.81. The summed E-state index contributed by atoms with van der Waals surface area (Å²) in [6.45, 7) is 3.41. The van der Waals surface area contributed by atoms with Crippen LogP contribution in [0.25, 0.3) is 0 Å². The Balaban J connectivity index is 0.000000304. The minimum atomic E-state index is -1.19. The van der Waals surface area contributed by atoms with Gasteiger partial charge in [-0.1, -0.05) is 13.0 Å². The van der Waals surface area contributed by atoms with E-state index in [4.69, 9.17) is 5.11 Å². The van der Waals surface area contributed by atoms with Gasteiger partial charge in [-0.15, -0.1) is 0 Å². The molecule has 94 valence electrons. The highest BCUT2D eigenvalue weighted by atomic mass is 16.4. The Hall–Kier alpha value is -1.95. The number of hydrogen-bond acceptors (Lipinski definition) is 4. The highest BCUT2D eigenvalue weighted by Gasteiger charge is 2.29. The second kappa shape index (κ2) is 6.59. The maximum absolute atomic E-state index is 10.2. The second-order valence-electron chi connectivity index (χ2n) is 3.75. The number of aliphatic carboxylic acids is 1. The molecule has 0 bridgehead atoms. The van der Waals surface area contributed by atoms with E-state index in [-0.39, 0.29) is 5.56 Å². The van der Waals surface area contributed by atoms with E-state index in [1.807, 2.05) is 0 Å². The summed E-state index contributed by atoms with van der Waals surface area (Å²) in [6, 6.07) is 2.98. The van der Waals surface area contributed by atoms with Crippen LogP contribution in [0.4, 0.5) is 0 Å². The van der Waals surface area contributed by atoms with Gasteiger partial charge in [0.05, 0.1) is 5.97 Å². The quantitative estimate of drug-likeness (QED) is 0.697. The summed E-state index contributed by atoms with van der Waals surface area (Å²) < 4.78 is 0. The van der Waals surface area contributed by atoms with Gasteiger partial charge in [0, 0.05) is 31.3 Å². The maximum atomic E-state index is 10.2. The van der Waals surface area contributed by atoms with Gasteiger partial charge in [-0.3, -0.25) is 4.98 Å². The fourth-order valence-corrected chi connectivity index (χ4v) is 0.635. The molecule has 0 amide bonds. The van der Waals surface area contributed by atoms with Crippen molar-refractivity contribution in [3.8, 4) is 0 Å². The summed E-state index contributed by atoms with van der Waals surface area (Å²) in [7, 11) is 0. The van der Waals surface area contributed by atoms with E-state index in [9.17, 15) is 14.7 Å². The minimum absolute atomic E-state index is 0.109. The van der Waals surface area contributed by atoms with Crippen LogP contribution in [0.3, 0.4) is 0 Å². The summed E-state index contributed by atoms with van der Waals surface area (Å²) >= 11 is 0. The molecular weight excluding hydrogens is 224 g/mol. The number of rotatable bonds is 3. The monoisotopic (exact) mass is 240 g/mol. The number of carboxylic acid groups (broad SMARTS) is 2. The lowest BCUT2D eigenvalue weighted by molar-refractivity contribution is -0.456. The number of aromatic carboxylic acids is 1. The van der Waals surface area contributed by atoms with Gasteiger partial charge >= 0.3 is 5.97 Å². The number of quaternary nitrogens is 1. The number of pyridine rings is 1. The van der Waals surface area contributed by atoms with Crippen LogP contribution >= 0.6 is 0 Å². The Labute approximate surface area is 99.1 Å². The first-order valence-electron chi connectivity index (χ1n) is 5.01. The Kier molecular flexibility index (Phi) is 5.84. The van der Waals surface area contributed by atoms with E-state index >= 15 is 0 Å². The van der Waals surface area contributed by atoms with Crippen LogP contribution in [0.2, 0.25) is 0 Å². The van der Waals surface area contributed by atoms with Crippen LogP contribution < -0.4 is 10.8 Å². The van der Waals surface area contributed by atoms with Crippen molar-refractivity contribution in [1.82, 2.24) is 4.98 Å². The lowest BCUT2D eigenvalue weighted by atomic mass is 10.0. The van der Waals surface area contributed by atoms with Crippen molar-refractivity contribution in [2.75, 3.05) is 0 Å². The van der Waals surface area contributed by atoms with Gasteiger partial charge < -0.3 is 20.7 Å². The average Bonchev–Trinajstić information content (AvgIpc) is 2.30. The Morgan fingerprint density at radius 1 is 1.59 bits per heavy atom. The molecule has 4 N–H and O–H groups in total. The summed E-state index contributed by atoms with van der Waals surface area (Å²) in [5.41, 5.74) is 2.81. The third-order valence-corrected chi connectivity index (χ3v) is 2.19. The average molecular weight is 240 g/mol. The topological polar surface area (TPSA) is 118 Å². The van der Waals surface area contributed by atoms with Gasteiger partial charge in [-0.05, 0) is 6.07 Å². The molecule has 0 aliphatic heterocycles. The third kappa shape index (κ3) is 5.62. The molecular formula is C11H16N2O4. The first-order valence-corrected chi connectivity index (χ1v) is 5.01. The lowest BCUT2D eigenvalue weighted by Gasteiger charge is -2.10. The van der Waals surface area contributed by atoms with Gasteiger partial charge in [0.15, 0.2) is 5.54 Å². The van der Waals surface area contributed by atoms with Crippen molar-refractivity contribution >= 4 is 11.9 Å². The van der Waals surface area contributed by atoms with Crippen LogP contribution in [0.15, 0.2) is 24.5 Å². The largest absolute Gasteiger partial charge is 0.545 e. The number of carbonyl (C=O) groups is 2. The molecule has 17 heavy (non-hydrogen) atoms. The molecule has 1 aromatic rings. The highest BCUT2D eigenvalue weighted by Crippen LogP contribution is 1.99. The van der Waals surface area contributed by atoms with Crippen molar-refractivity contribution < 1.29 is 25.5 Å². The number of carbonyl (C=O) groups excluding carboxylic acids is 1. The highest BCUT2D eigenvalue weighted by molar-refractivity contribution is 5.85. The van der Waals surface area contributed by atoms with Crippen molar-refractivity contribution in [3.05, 3.63) is 30.1 Å². The molecule has 0 radical (unpaired) electrons. The molecule has 1 aromatic heterocycles. The van der Waals surface area contributed by atoms with Crippen molar-refractivity contribution in [3.63, 3.8) is 0 Å². The van der Waals surface area contributed by atoms with E-state index in [0.717, 1.165) is 0 Å². The normalized spacial score (nSPS) is 12.9. The molecule has 0 aromatic carbocycles. The first kappa shape index (κ1) is 15.0. The van der Waals surface area contributed by atoms with Crippen LogP contribution in [0.1, 0.15) is 30.6 Å². The van der Waals surface area contributed by atoms with Gasteiger partial charge in [-0.2, -0.15) is 0 Å². The fourth-order valence-electron chi connectivity index (χ4n) is 0.635. The van der Waals surface area contributed by atoms with Gasteiger partial charge in [0.25, 0.3) is 0 Å². The molecule has 1 atom stereocenters. The number of nitrogens with zero attached hydrogens (tertiary/aromatic N) is 1. The van der Waals surface area contributed by atoms with Crippen molar-refractivity contribution in [2.24, 2.45) is 0 Å². The Bertz CT molecular complexity index is 376. The van der Waals surface area contributed by atoms with Crippen LogP contribution in [-0.4, -0.2) is 27.6 Å². The van der Waals surface area contributed by atoms with Crippen molar-refractivity contribution in [1.29, 1.82) is 0 Å². The van der Waals surface area contributed by atoms with E-state index in [0.29, 0.717) is 6.42 Å². The van der Waals surface area contributed by atoms with Gasteiger partial charge in [0.2, 0.25) is 0 Å². The van der Waals surface area contributed by atoms with Crippen LogP contribution in [0.5, 0.6) is 0 Å². The van der Waals surface area contributed by atoms with Gasteiger partial charge in [0.1, 0.15) is 0 Å². The maximum Gasteiger partial charge on any atom is 0.365 e. The summed E-state index contributed by atoms with van der Waals surface area (Å²) in [4.78, 5) is 23.8. The number of carboxylic acids is 2. The molecule has 0 unspecified atom stereocenters. The SMILES string of the molecule is CC[C@@](C)([NH3+])C(=O)O.O=C([O-])c1cccnc1. The molecule has 1 rings (SSSR count). The Morgan fingerprint density at radius 3 is 2.35 bits per heavy atom. The molecule has 0 fully saturated rings. The predicted octanol–water partition coefficient (Wildman–Crippen LogP) is -1.07. The molecule has 6 nitrogen and oxygen atoms in total. The predicted molar refractivity (Wildman–Crippen MR) is 57.8 cm³/mol. The zero-order valence-electron chi connectivity index (χ0n) is 9.84. The van der Waals surface area contributed by atoms with Gasteiger partial charge in [-0.25, -0.2) is 4.79 Å². The lowest BCUT2D eigenvalue weighted by Crippen LogP contribution is -2.74. The van der Waals surface area contributed by atoms with Crippen molar-refractivity contribution in [2.45, 2.75) is 25.8 Å². The van der Waals surface area contributed by atoms with E-state index in [2.05, 4.69) is 10.7 Å². The molecule has 1 heterocycles. The molecule has 0 saturated carbocycles. The third-order valence-electron chi connectivity index (χ3n) is 2.19. The zero-order chi connectivity index (χ0) is 13.5. The summed E-state index contributed by atoms with van der Waals surface area (Å²) in [5, 5.41) is 18.4. The fraction of sp³-hybridized carbons (Fsp3) is 0.364. The molecule has 0 aliphatic rings. The number of aromatic nitrogens is 1. The molecule has 0 aliphatic carbocycles. The van der Waals surface area contributed by atoms with Crippen LogP contribution in [0, 0.1) is 0 Å². The standard InChI is InChI=1S/C6H5NO2.C5H11NO2/c8-6(9)5-2-1-3-7-4-5;1-3-5(2,6)4(7)8/h1-4H,(H,8,9);3,6H2,1-2H3,(H,7,8)/t;5-/m.1/s1. The molecule has 6 heteroatoms. The Morgan fingerprint density at radius 2 is 2.18 bits per heavy atom. The molecule has 0 spiro atoms. The minimum Gasteiger partial charge on any atom is -0.545 e. The van der Waals surface area contributed by atoms with E-state index < -0.39 is 17.5 Å². The summed E-state index contributed by atoms with van der Waals surface area (Å²) in [5.74, 6) is -2.02. The van der Waals surface area contributed by atoms with Crippen LogP contribution in [-0.2, 0) is 4.79 Å². The smallest absolute Gasteiger partial charge is 0.365 e. The van der Waals surface area contributed by atoms with E-state index in [1.54, 1.807) is 19.9 Å².